The topological polar surface area (TPSA) is 46.6 Å². The number of piperidine rings is 1. The molecule has 1 aromatic carbocycles. The molecule has 0 bridgehead atoms. The van der Waals surface area contributed by atoms with Crippen LogP contribution >= 0.6 is 11.6 Å². The highest BCUT2D eigenvalue weighted by Crippen LogP contribution is 2.19. The van der Waals surface area contributed by atoms with E-state index in [1.807, 2.05) is 4.90 Å². The first-order valence-corrected chi connectivity index (χ1v) is 8.17. The van der Waals surface area contributed by atoms with Gasteiger partial charge in [-0.05, 0) is 43.4 Å². The maximum atomic E-state index is 12.2. The predicted octanol–water partition coefficient (Wildman–Crippen LogP) is 3.22. The zero-order valence-electron chi connectivity index (χ0n) is 12.9. The third kappa shape index (κ3) is 4.73. The molecule has 4 nitrogen and oxygen atoms in total. The largest absolute Gasteiger partial charge is 0.455 e. The molecule has 1 unspecified atom stereocenters. The molecule has 1 fully saturated rings. The maximum absolute atomic E-state index is 12.2. The van der Waals surface area contributed by atoms with Gasteiger partial charge in [0.05, 0.1) is 6.42 Å². The summed E-state index contributed by atoms with van der Waals surface area (Å²) in [4.78, 5) is 25.9. The summed E-state index contributed by atoms with van der Waals surface area (Å²) < 4.78 is 5.12. The fraction of sp³-hybridized carbons (Fsp3) is 0.529. The number of carbonyl (C=O) groups is 2. The van der Waals surface area contributed by atoms with E-state index in [1.54, 1.807) is 24.3 Å². The van der Waals surface area contributed by atoms with Crippen LogP contribution in [0.2, 0.25) is 5.02 Å². The van der Waals surface area contributed by atoms with Gasteiger partial charge < -0.3 is 9.64 Å². The molecule has 1 aromatic rings. The summed E-state index contributed by atoms with van der Waals surface area (Å²) in [6, 6.07) is 7.31. The third-order valence-electron chi connectivity index (χ3n) is 4.04. The van der Waals surface area contributed by atoms with E-state index >= 15 is 0 Å². The highest BCUT2D eigenvalue weighted by atomic mass is 35.5. The molecule has 0 aliphatic carbocycles. The van der Waals surface area contributed by atoms with Crippen LogP contribution in [-0.4, -0.2) is 36.0 Å². The number of hydrogen-bond acceptors (Lipinski definition) is 3. The maximum Gasteiger partial charge on any atom is 0.310 e. The Morgan fingerprint density at radius 3 is 2.68 bits per heavy atom. The predicted molar refractivity (Wildman–Crippen MR) is 85.8 cm³/mol. The van der Waals surface area contributed by atoms with Gasteiger partial charge in [0.15, 0.2) is 6.61 Å². The molecule has 1 saturated heterocycles. The molecule has 0 aromatic heterocycles. The normalized spacial score (nSPS) is 18.1. The summed E-state index contributed by atoms with van der Waals surface area (Å²) in [6.07, 6.45) is 4.34. The molecule has 1 amide bonds. The van der Waals surface area contributed by atoms with Crippen molar-refractivity contribution >= 4 is 23.5 Å². The van der Waals surface area contributed by atoms with Gasteiger partial charge in [-0.25, -0.2) is 0 Å². The Hall–Kier alpha value is -1.55. The summed E-state index contributed by atoms with van der Waals surface area (Å²) in [5.74, 6) is -0.475. The minimum Gasteiger partial charge on any atom is -0.455 e. The number of esters is 1. The number of carbonyl (C=O) groups excluding carboxylic acids is 2. The van der Waals surface area contributed by atoms with E-state index in [4.69, 9.17) is 16.3 Å². The summed E-state index contributed by atoms with van der Waals surface area (Å²) in [6.45, 7) is 2.69. The fourth-order valence-corrected chi connectivity index (χ4v) is 2.92. The second-order valence-electron chi connectivity index (χ2n) is 5.61. The van der Waals surface area contributed by atoms with Crippen molar-refractivity contribution in [1.29, 1.82) is 0 Å². The molecular formula is C17H22ClNO3. The summed E-state index contributed by atoms with van der Waals surface area (Å²) >= 11 is 5.80. The van der Waals surface area contributed by atoms with Gasteiger partial charge in [0.1, 0.15) is 0 Å². The Morgan fingerprint density at radius 1 is 1.27 bits per heavy atom. The van der Waals surface area contributed by atoms with Gasteiger partial charge in [0, 0.05) is 17.6 Å². The van der Waals surface area contributed by atoms with Crippen LogP contribution in [0.3, 0.4) is 0 Å². The second kappa shape index (κ2) is 8.18. The van der Waals surface area contributed by atoms with Crippen molar-refractivity contribution in [3.63, 3.8) is 0 Å². The van der Waals surface area contributed by atoms with E-state index < -0.39 is 0 Å². The van der Waals surface area contributed by atoms with Gasteiger partial charge in [-0.1, -0.05) is 30.7 Å². The molecule has 120 valence electrons. The average Bonchev–Trinajstić information content (AvgIpc) is 2.54. The first kappa shape index (κ1) is 16.8. The monoisotopic (exact) mass is 323 g/mol. The first-order chi connectivity index (χ1) is 10.6. The van der Waals surface area contributed by atoms with E-state index in [0.717, 1.165) is 31.4 Å². The molecule has 0 saturated carbocycles. The Bertz CT molecular complexity index is 515. The Kier molecular flexibility index (Phi) is 6.25. The minimum atomic E-state index is -0.388. The van der Waals surface area contributed by atoms with E-state index in [2.05, 4.69) is 6.92 Å². The zero-order valence-corrected chi connectivity index (χ0v) is 13.6. The van der Waals surface area contributed by atoms with Gasteiger partial charge >= 0.3 is 5.97 Å². The summed E-state index contributed by atoms with van der Waals surface area (Å²) in [7, 11) is 0. The summed E-state index contributed by atoms with van der Waals surface area (Å²) in [5.41, 5.74) is 0.825. The van der Waals surface area contributed by atoms with Crippen LogP contribution in [0.1, 0.15) is 38.2 Å². The van der Waals surface area contributed by atoms with E-state index in [9.17, 15) is 9.59 Å². The van der Waals surface area contributed by atoms with Crippen molar-refractivity contribution in [2.24, 2.45) is 0 Å². The number of ether oxygens (including phenoxy) is 1. The molecule has 1 atom stereocenters. The van der Waals surface area contributed by atoms with Crippen LogP contribution in [0, 0.1) is 0 Å². The highest BCUT2D eigenvalue weighted by molar-refractivity contribution is 6.30. The lowest BCUT2D eigenvalue weighted by Crippen LogP contribution is -2.45. The zero-order chi connectivity index (χ0) is 15.9. The van der Waals surface area contributed by atoms with Crippen LogP contribution in [0.4, 0.5) is 0 Å². The average molecular weight is 324 g/mol. The number of benzene rings is 1. The van der Waals surface area contributed by atoms with Crippen LogP contribution < -0.4 is 0 Å². The van der Waals surface area contributed by atoms with Crippen molar-refractivity contribution in [1.82, 2.24) is 4.90 Å². The van der Waals surface area contributed by atoms with Crippen LogP contribution in [0.5, 0.6) is 0 Å². The number of likely N-dealkylation sites (tertiary alicyclic amines) is 1. The molecule has 22 heavy (non-hydrogen) atoms. The van der Waals surface area contributed by atoms with Crippen molar-refractivity contribution < 1.29 is 14.3 Å². The lowest BCUT2D eigenvalue weighted by Gasteiger charge is -2.35. The molecule has 1 aliphatic heterocycles. The molecule has 2 rings (SSSR count). The van der Waals surface area contributed by atoms with Crippen LogP contribution in [0.15, 0.2) is 24.3 Å². The quantitative estimate of drug-likeness (QED) is 0.782. The van der Waals surface area contributed by atoms with Gasteiger partial charge in [0.25, 0.3) is 5.91 Å². The van der Waals surface area contributed by atoms with Crippen LogP contribution in [0.25, 0.3) is 0 Å². The van der Waals surface area contributed by atoms with Crippen LogP contribution in [-0.2, 0) is 20.7 Å². The van der Waals surface area contributed by atoms with E-state index in [1.165, 1.54) is 6.42 Å². The number of rotatable bonds is 5. The van der Waals surface area contributed by atoms with Crippen molar-refractivity contribution in [3.05, 3.63) is 34.9 Å². The summed E-state index contributed by atoms with van der Waals surface area (Å²) in [5, 5.41) is 0.628. The molecule has 0 radical (unpaired) electrons. The SMILES string of the molecule is CCC1CCCCN1C(=O)COC(=O)Cc1ccc(Cl)cc1. The van der Waals surface area contributed by atoms with E-state index in [-0.39, 0.29) is 30.9 Å². The molecule has 5 heteroatoms. The first-order valence-electron chi connectivity index (χ1n) is 7.79. The van der Waals surface area contributed by atoms with Crippen molar-refractivity contribution in [2.45, 2.75) is 45.1 Å². The second-order valence-corrected chi connectivity index (χ2v) is 6.05. The standard InChI is InChI=1S/C17H22ClNO3/c1-2-15-5-3-4-10-19(15)16(20)12-22-17(21)11-13-6-8-14(18)9-7-13/h6-9,15H,2-5,10-12H2,1H3. The molecule has 0 spiro atoms. The van der Waals surface area contributed by atoms with E-state index in [0.29, 0.717) is 5.02 Å². The van der Waals surface area contributed by atoms with Crippen molar-refractivity contribution in [2.75, 3.05) is 13.2 Å². The smallest absolute Gasteiger partial charge is 0.310 e. The Morgan fingerprint density at radius 2 is 2.00 bits per heavy atom. The van der Waals surface area contributed by atoms with Gasteiger partial charge in [-0.3, -0.25) is 9.59 Å². The molecule has 0 N–H and O–H groups in total. The Balaban J connectivity index is 1.80. The third-order valence-corrected chi connectivity index (χ3v) is 4.29. The minimum absolute atomic E-state index is 0.0870. The van der Waals surface area contributed by atoms with Crippen molar-refractivity contribution in [3.8, 4) is 0 Å². The molecule has 1 aliphatic rings. The number of amides is 1. The Labute approximate surface area is 136 Å². The number of hydrogen-bond donors (Lipinski definition) is 0. The lowest BCUT2D eigenvalue weighted by atomic mass is 10.00. The van der Waals surface area contributed by atoms with Gasteiger partial charge in [-0.15, -0.1) is 0 Å². The van der Waals surface area contributed by atoms with Gasteiger partial charge in [-0.2, -0.15) is 0 Å². The highest BCUT2D eigenvalue weighted by Gasteiger charge is 2.25. The van der Waals surface area contributed by atoms with Gasteiger partial charge in [0.2, 0.25) is 0 Å². The molecular weight excluding hydrogens is 302 g/mol. The lowest BCUT2D eigenvalue weighted by molar-refractivity contribution is -0.153. The number of halogens is 1. The fourth-order valence-electron chi connectivity index (χ4n) is 2.80. The molecule has 1 heterocycles. The number of nitrogens with zero attached hydrogens (tertiary/aromatic N) is 1.